The van der Waals surface area contributed by atoms with Gasteiger partial charge in [0.05, 0.1) is 6.54 Å². The zero-order chi connectivity index (χ0) is 21.9. The summed E-state index contributed by atoms with van der Waals surface area (Å²) in [4.78, 5) is 21.4. The SMILES string of the molecule is CCNC(=NCc1cccc(OCC(=O)N(C)C)c1)N(C)Cc1ccc(SC)cc1.I. The Kier molecular flexibility index (Phi) is 12.4. The summed E-state index contributed by atoms with van der Waals surface area (Å²) in [5, 5.41) is 3.35. The number of likely N-dealkylation sites (N-methyl/N-ethyl adjacent to an activating group) is 1. The standard InChI is InChI=1S/C23H32N4O2S.HI/c1-6-24-23(27(4)16-18-10-12-21(30-5)13-11-18)25-15-19-8-7-9-20(14-19)29-17-22(28)26(2)3;/h7-14H,6,15-17H2,1-5H3,(H,24,25);1H. The molecule has 0 bridgehead atoms. The third-order valence-electron chi connectivity index (χ3n) is 4.45. The first-order valence-electron chi connectivity index (χ1n) is 9.97. The van der Waals surface area contributed by atoms with Gasteiger partial charge in [-0.2, -0.15) is 0 Å². The van der Waals surface area contributed by atoms with Crippen molar-refractivity contribution >= 4 is 47.6 Å². The van der Waals surface area contributed by atoms with Crippen molar-refractivity contribution in [3.63, 3.8) is 0 Å². The summed E-state index contributed by atoms with van der Waals surface area (Å²) in [5.41, 5.74) is 2.26. The average molecular weight is 557 g/mol. The molecule has 2 rings (SSSR count). The van der Waals surface area contributed by atoms with E-state index in [9.17, 15) is 4.79 Å². The number of nitrogens with zero attached hydrogens (tertiary/aromatic N) is 3. The molecule has 0 atom stereocenters. The van der Waals surface area contributed by atoms with Gasteiger partial charge in [-0.15, -0.1) is 35.7 Å². The normalized spacial score (nSPS) is 10.8. The second-order valence-corrected chi connectivity index (χ2v) is 7.98. The molecule has 0 saturated heterocycles. The summed E-state index contributed by atoms with van der Waals surface area (Å²) < 4.78 is 5.60. The molecule has 1 N–H and O–H groups in total. The number of benzene rings is 2. The van der Waals surface area contributed by atoms with E-state index in [1.165, 1.54) is 15.4 Å². The minimum Gasteiger partial charge on any atom is -0.484 e. The van der Waals surface area contributed by atoms with Gasteiger partial charge in [0, 0.05) is 39.1 Å². The number of rotatable bonds is 9. The summed E-state index contributed by atoms with van der Waals surface area (Å²) in [7, 11) is 5.47. The van der Waals surface area contributed by atoms with Gasteiger partial charge in [-0.25, -0.2) is 4.99 Å². The van der Waals surface area contributed by atoms with Gasteiger partial charge in [-0.05, 0) is 48.6 Å². The van der Waals surface area contributed by atoms with Crippen molar-refractivity contribution in [3.05, 3.63) is 59.7 Å². The van der Waals surface area contributed by atoms with Gasteiger partial charge >= 0.3 is 0 Å². The molecule has 2 aromatic rings. The van der Waals surface area contributed by atoms with E-state index in [4.69, 9.17) is 9.73 Å². The van der Waals surface area contributed by atoms with Crippen molar-refractivity contribution in [1.29, 1.82) is 0 Å². The molecular weight excluding hydrogens is 523 g/mol. The van der Waals surface area contributed by atoms with Crippen molar-refractivity contribution in [2.75, 3.05) is 40.6 Å². The molecule has 0 heterocycles. The first-order chi connectivity index (χ1) is 14.4. The van der Waals surface area contributed by atoms with Crippen LogP contribution in [0.2, 0.25) is 0 Å². The molecule has 1 amide bonds. The maximum atomic E-state index is 11.7. The van der Waals surface area contributed by atoms with E-state index >= 15 is 0 Å². The topological polar surface area (TPSA) is 57.2 Å². The number of halogens is 1. The van der Waals surface area contributed by atoms with Crippen molar-refractivity contribution in [1.82, 2.24) is 15.1 Å². The number of aliphatic imine (C=N–C) groups is 1. The Hall–Kier alpha value is -1.94. The average Bonchev–Trinajstić information content (AvgIpc) is 2.75. The monoisotopic (exact) mass is 556 g/mol. The number of amides is 1. The molecule has 0 saturated carbocycles. The first-order valence-corrected chi connectivity index (χ1v) is 11.2. The van der Waals surface area contributed by atoms with E-state index in [1.54, 1.807) is 25.9 Å². The number of guanidine groups is 1. The molecule has 0 spiro atoms. The quantitative estimate of drug-likeness (QED) is 0.218. The molecule has 0 unspecified atom stereocenters. The maximum absolute atomic E-state index is 11.7. The molecule has 0 aliphatic heterocycles. The Balaban J connectivity index is 0.00000480. The lowest BCUT2D eigenvalue weighted by Crippen LogP contribution is -2.38. The summed E-state index contributed by atoms with van der Waals surface area (Å²) in [6.45, 7) is 4.19. The molecule has 0 aliphatic carbocycles. The summed E-state index contributed by atoms with van der Waals surface area (Å²) in [6.07, 6.45) is 2.08. The van der Waals surface area contributed by atoms with Crippen LogP contribution in [-0.4, -0.2) is 62.2 Å². The van der Waals surface area contributed by atoms with Gasteiger partial charge in [0.1, 0.15) is 5.75 Å². The molecule has 8 heteroatoms. The number of ether oxygens (including phenoxy) is 1. The van der Waals surface area contributed by atoms with Gasteiger partial charge in [0.15, 0.2) is 12.6 Å². The zero-order valence-corrected chi connectivity index (χ0v) is 22.1. The Labute approximate surface area is 207 Å². The van der Waals surface area contributed by atoms with E-state index in [-0.39, 0.29) is 36.5 Å². The lowest BCUT2D eigenvalue weighted by molar-refractivity contribution is -0.130. The molecule has 0 aromatic heterocycles. The molecule has 31 heavy (non-hydrogen) atoms. The Morgan fingerprint density at radius 2 is 1.81 bits per heavy atom. The zero-order valence-electron chi connectivity index (χ0n) is 18.9. The van der Waals surface area contributed by atoms with Crippen LogP contribution in [-0.2, 0) is 17.9 Å². The lowest BCUT2D eigenvalue weighted by Gasteiger charge is -2.22. The van der Waals surface area contributed by atoms with Crippen LogP contribution >= 0.6 is 35.7 Å². The van der Waals surface area contributed by atoms with Gasteiger partial charge in [-0.3, -0.25) is 4.79 Å². The van der Waals surface area contributed by atoms with Crippen LogP contribution in [0.5, 0.6) is 5.75 Å². The highest BCUT2D eigenvalue weighted by Gasteiger charge is 2.08. The van der Waals surface area contributed by atoms with Crippen LogP contribution in [0.15, 0.2) is 58.4 Å². The van der Waals surface area contributed by atoms with Crippen molar-refractivity contribution < 1.29 is 9.53 Å². The second-order valence-electron chi connectivity index (χ2n) is 7.10. The van der Waals surface area contributed by atoms with Gasteiger partial charge in [0.25, 0.3) is 5.91 Å². The smallest absolute Gasteiger partial charge is 0.259 e. The van der Waals surface area contributed by atoms with Crippen molar-refractivity contribution in [3.8, 4) is 5.75 Å². The largest absolute Gasteiger partial charge is 0.484 e. The summed E-state index contributed by atoms with van der Waals surface area (Å²) in [5.74, 6) is 1.45. The number of hydrogen-bond acceptors (Lipinski definition) is 4. The second kappa shape index (κ2) is 14.2. The van der Waals surface area contributed by atoms with Crippen LogP contribution in [0.3, 0.4) is 0 Å². The Morgan fingerprint density at radius 3 is 2.42 bits per heavy atom. The third-order valence-corrected chi connectivity index (χ3v) is 5.19. The highest BCUT2D eigenvalue weighted by Crippen LogP contribution is 2.16. The van der Waals surface area contributed by atoms with E-state index in [0.29, 0.717) is 12.3 Å². The number of thioether (sulfide) groups is 1. The molecule has 6 nitrogen and oxygen atoms in total. The van der Waals surface area contributed by atoms with E-state index in [0.717, 1.165) is 24.6 Å². The summed E-state index contributed by atoms with van der Waals surface area (Å²) >= 11 is 1.74. The van der Waals surface area contributed by atoms with Gasteiger partial charge in [0.2, 0.25) is 0 Å². The van der Waals surface area contributed by atoms with Crippen LogP contribution in [0.25, 0.3) is 0 Å². The third kappa shape index (κ3) is 9.39. The van der Waals surface area contributed by atoms with E-state index < -0.39 is 0 Å². The minimum absolute atomic E-state index is 0. The Bertz CT molecular complexity index is 844. The van der Waals surface area contributed by atoms with Crippen LogP contribution in [0.1, 0.15) is 18.1 Å². The molecule has 0 aliphatic rings. The maximum Gasteiger partial charge on any atom is 0.259 e. The fraction of sp³-hybridized carbons (Fsp3) is 0.391. The molecule has 0 radical (unpaired) electrons. The molecule has 170 valence electrons. The van der Waals surface area contributed by atoms with Crippen LogP contribution < -0.4 is 10.1 Å². The molecular formula is C23H33IN4O2S. The lowest BCUT2D eigenvalue weighted by atomic mass is 10.2. The van der Waals surface area contributed by atoms with Crippen LogP contribution in [0.4, 0.5) is 0 Å². The number of nitrogens with one attached hydrogen (secondary N) is 1. The highest BCUT2D eigenvalue weighted by atomic mass is 127. The summed E-state index contributed by atoms with van der Waals surface area (Å²) in [6, 6.07) is 16.3. The number of carbonyl (C=O) groups is 1. The minimum atomic E-state index is -0.0694. The molecule has 0 fully saturated rings. The predicted molar refractivity (Wildman–Crippen MR) is 141 cm³/mol. The van der Waals surface area contributed by atoms with Gasteiger partial charge < -0.3 is 19.9 Å². The van der Waals surface area contributed by atoms with Crippen LogP contribution in [0, 0.1) is 0 Å². The number of hydrogen-bond donors (Lipinski definition) is 1. The number of carbonyl (C=O) groups excluding carboxylic acids is 1. The fourth-order valence-electron chi connectivity index (χ4n) is 2.72. The van der Waals surface area contributed by atoms with Crippen molar-refractivity contribution in [2.24, 2.45) is 4.99 Å². The Morgan fingerprint density at radius 1 is 1.10 bits per heavy atom. The first kappa shape index (κ1) is 27.1. The predicted octanol–water partition coefficient (Wildman–Crippen LogP) is 4.09. The van der Waals surface area contributed by atoms with E-state index in [1.807, 2.05) is 31.3 Å². The molecule has 2 aromatic carbocycles. The highest BCUT2D eigenvalue weighted by molar-refractivity contribution is 14.0. The van der Waals surface area contributed by atoms with Gasteiger partial charge in [-0.1, -0.05) is 24.3 Å². The van der Waals surface area contributed by atoms with E-state index in [2.05, 4.69) is 47.7 Å². The fourth-order valence-corrected chi connectivity index (χ4v) is 3.13. The van der Waals surface area contributed by atoms with Crippen molar-refractivity contribution in [2.45, 2.75) is 24.9 Å².